The van der Waals surface area contributed by atoms with Crippen molar-refractivity contribution >= 4 is 10.5 Å². The summed E-state index contributed by atoms with van der Waals surface area (Å²) < 4.78 is 23.2. The molecule has 1 aliphatic rings. The normalized spacial score (nSPS) is 20.0. The molecule has 0 N–H and O–H groups in total. The fraction of sp³-hybridized carbons (Fsp3) is 1.00. The van der Waals surface area contributed by atoms with E-state index in [1.54, 1.807) is 5.01 Å². The SMILES string of the molecule is O=S(=O)=NN1CCCC1. The van der Waals surface area contributed by atoms with Crippen molar-refractivity contribution in [1.82, 2.24) is 5.01 Å². The highest BCUT2D eigenvalue weighted by Crippen LogP contribution is 2.06. The molecule has 9 heavy (non-hydrogen) atoms. The minimum atomic E-state index is -2.25. The van der Waals surface area contributed by atoms with Gasteiger partial charge in [0, 0.05) is 13.1 Å². The molecule has 0 saturated carbocycles. The van der Waals surface area contributed by atoms with Gasteiger partial charge >= 0.3 is 10.5 Å². The third-order valence-corrected chi connectivity index (χ3v) is 1.63. The first-order valence-electron chi connectivity index (χ1n) is 2.85. The monoisotopic (exact) mass is 148 g/mol. The van der Waals surface area contributed by atoms with Gasteiger partial charge in [0.1, 0.15) is 0 Å². The summed E-state index contributed by atoms with van der Waals surface area (Å²) in [5.74, 6) is 0. The van der Waals surface area contributed by atoms with E-state index in [2.05, 4.69) is 4.47 Å². The third kappa shape index (κ3) is 2.11. The Bertz CT molecular complexity index is 195. The zero-order chi connectivity index (χ0) is 6.69. The van der Waals surface area contributed by atoms with E-state index in [1.807, 2.05) is 0 Å². The van der Waals surface area contributed by atoms with Crippen molar-refractivity contribution in [2.45, 2.75) is 12.8 Å². The molecule has 1 saturated heterocycles. The van der Waals surface area contributed by atoms with Gasteiger partial charge in [-0.2, -0.15) is 13.4 Å². The van der Waals surface area contributed by atoms with Gasteiger partial charge in [0.15, 0.2) is 0 Å². The van der Waals surface area contributed by atoms with E-state index in [0.717, 1.165) is 25.9 Å². The topological polar surface area (TPSA) is 49.7 Å². The van der Waals surface area contributed by atoms with Crippen LogP contribution < -0.4 is 0 Å². The molecule has 4 nitrogen and oxygen atoms in total. The molecule has 5 heteroatoms. The summed E-state index contributed by atoms with van der Waals surface area (Å²) >= 11 is 0. The lowest BCUT2D eigenvalue weighted by Gasteiger charge is -1.99. The molecule has 1 rings (SSSR count). The molecule has 0 aromatic heterocycles. The maximum Gasteiger partial charge on any atom is 0.328 e. The number of rotatable bonds is 1. The van der Waals surface area contributed by atoms with Crippen molar-refractivity contribution in [3.05, 3.63) is 0 Å². The largest absolute Gasteiger partial charge is 0.328 e. The average molecular weight is 148 g/mol. The smallest absolute Gasteiger partial charge is 0.185 e. The van der Waals surface area contributed by atoms with Crippen LogP contribution in [0.3, 0.4) is 0 Å². The highest BCUT2D eigenvalue weighted by atomic mass is 32.2. The lowest BCUT2D eigenvalue weighted by atomic mass is 10.4. The van der Waals surface area contributed by atoms with Gasteiger partial charge in [-0.1, -0.05) is 4.47 Å². The second kappa shape index (κ2) is 2.93. The van der Waals surface area contributed by atoms with Crippen molar-refractivity contribution in [3.63, 3.8) is 0 Å². The first-order chi connectivity index (χ1) is 4.29. The van der Waals surface area contributed by atoms with Gasteiger partial charge in [-0.25, -0.2) is 0 Å². The van der Waals surface area contributed by atoms with Gasteiger partial charge in [0.05, 0.1) is 0 Å². The molecule has 0 radical (unpaired) electrons. The molecule has 0 aromatic rings. The first kappa shape index (κ1) is 6.70. The van der Waals surface area contributed by atoms with E-state index in [0.29, 0.717) is 0 Å². The van der Waals surface area contributed by atoms with E-state index in [4.69, 9.17) is 0 Å². The molecule has 0 atom stereocenters. The molecule has 1 aliphatic heterocycles. The van der Waals surface area contributed by atoms with E-state index >= 15 is 0 Å². The zero-order valence-corrected chi connectivity index (χ0v) is 5.76. The molecule has 0 spiro atoms. The van der Waals surface area contributed by atoms with Crippen LogP contribution >= 0.6 is 0 Å². The van der Waals surface area contributed by atoms with Crippen LogP contribution in [0.25, 0.3) is 0 Å². The fourth-order valence-corrected chi connectivity index (χ4v) is 1.23. The quantitative estimate of drug-likeness (QED) is 0.528. The van der Waals surface area contributed by atoms with Crippen LogP contribution in [-0.4, -0.2) is 26.5 Å². The summed E-state index contributed by atoms with van der Waals surface area (Å²) in [4.78, 5) is 0. The zero-order valence-electron chi connectivity index (χ0n) is 4.95. The van der Waals surface area contributed by atoms with E-state index in [9.17, 15) is 8.42 Å². The Hall–Kier alpha value is -0.420. The van der Waals surface area contributed by atoms with Crippen LogP contribution in [0.2, 0.25) is 0 Å². The maximum absolute atomic E-state index is 9.95. The molecule has 1 fully saturated rings. The standard InChI is InChI=1S/C4H8N2O2S/c7-9(8)5-6-3-1-2-4-6/h1-4H2. The van der Waals surface area contributed by atoms with Crippen LogP contribution in [0.15, 0.2) is 4.47 Å². The highest BCUT2D eigenvalue weighted by molar-refractivity contribution is 7.61. The van der Waals surface area contributed by atoms with Crippen molar-refractivity contribution in [1.29, 1.82) is 0 Å². The van der Waals surface area contributed by atoms with Crippen molar-refractivity contribution in [2.75, 3.05) is 13.1 Å². The Balaban J connectivity index is 2.54. The highest BCUT2D eigenvalue weighted by Gasteiger charge is 2.09. The van der Waals surface area contributed by atoms with Crippen LogP contribution in [0.1, 0.15) is 12.8 Å². The Labute approximate surface area is 55.2 Å². The molecular weight excluding hydrogens is 140 g/mol. The average Bonchev–Trinajstić information content (AvgIpc) is 2.15. The summed E-state index contributed by atoms with van der Waals surface area (Å²) in [5, 5.41) is 1.57. The Kier molecular flexibility index (Phi) is 2.18. The molecular formula is C4H8N2O2S. The van der Waals surface area contributed by atoms with Gasteiger partial charge in [0.2, 0.25) is 0 Å². The molecule has 1 heterocycles. The fourth-order valence-electron chi connectivity index (χ4n) is 0.876. The van der Waals surface area contributed by atoms with Crippen LogP contribution in [-0.2, 0) is 10.5 Å². The molecule has 0 aromatic carbocycles. The summed E-state index contributed by atoms with van der Waals surface area (Å²) in [6.45, 7) is 1.57. The molecule has 0 unspecified atom stereocenters. The van der Waals surface area contributed by atoms with Gasteiger partial charge in [-0.3, -0.25) is 0 Å². The van der Waals surface area contributed by atoms with E-state index < -0.39 is 10.5 Å². The number of hydrogen-bond acceptors (Lipinski definition) is 3. The van der Waals surface area contributed by atoms with Crippen molar-refractivity contribution in [2.24, 2.45) is 4.47 Å². The van der Waals surface area contributed by atoms with Crippen LogP contribution in [0, 0.1) is 0 Å². The van der Waals surface area contributed by atoms with Crippen LogP contribution in [0.5, 0.6) is 0 Å². The Morgan fingerprint density at radius 2 is 1.78 bits per heavy atom. The Morgan fingerprint density at radius 3 is 2.22 bits per heavy atom. The lowest BCUT2D eigenvalue weighted by molar-refractivity contribution is 0.364. The summed E-state index contributed by atoms with van der Waals surface area (Å²) in [6, 6.07) is 0. The second-order valence-corrected chi connectivity index (χ2v) is 2.56. The van der Waals surface area contributed by atoms with Gasteiger partial charge in [0.25, 0.3) is 0 Å². The van der Waals surface area contributed by atoms with Crippen molar-refractivity contribution < 1.29 is 8.42 Å². The summed E-state index contributed by atoms with van der Waals surface area (Å²) in [7, 11) is -2.25. The maximum atomic E-state index is 9.95. The molecule has 0 bridgehead atoms. The first-order valence-corrected chi connectivity index (χ1v) is 3.88. The Morgan fingerprint density at radius 1 is 1.22 bits per heavy atom. The number of nitrogens with zero attached hydrogens (tertiary/aromatic N) is 2. The van der Waals surface area contributed by atoms with E-state index in [-0.39, 0.29) is 0 Å². The lowest BCUT2D eigenvalue weighted by Crippen LogP contribution is -2.09. The minimum absolute atomic E-state index is 0.786. The number of hydrogen-bond donors (Lipinski definition) is 0. The van der Waals surface area contributed by atoms with Crippen molar-refractivity contribution in [3.8, 4) is 0 Å². The van der Waals surface area contributed by atoms with Gasteiger partial charge < -0.3 is 0 Å². The van der Waals surface area contributed by atoms with Crippen LogP contribution in [0.4, 0.5) is 0 Å². The van der Waals surface area contributed by atoms with Gasteiger partial charge in [-0.05, 0) is 12.8 Å². The third-order valence-electron chi connectivity index (χ3n) is 1.26. The molecule has 0 amide bonds. The minimum Gasteiger partial charge on any atom is -0.185 e. The molecule has 0 aliphatic carbocycles. The van der Waals surface area contributed by atoms with E-state index in [1.165, 1.54) is 0 Å². The summed E-state index contributed by atoms with van der Waals surface area (Å²) in [5.41, 5.74) is 0. The second-order valence-electron chi connectivity index (χ2n) is 1.96. The molecule has 52 valence electrons. The van der Waals surface area contributed by atoms with Gasteiger partial charge in [-0.15, -0.1) is 0 Å². The predicted octanol–water partition coefficient (Wildman–Crippen LogP) is 0.0599. The summed E-state index contributed by atoms with van der Waals surface area (Å²) in [6.07, 6.45) is 2.11. The predicted molar refractivity (Wildman–Crippen MR) is 32.2 cm³/mol.